The molecule has 0 aromatic carbocycles. The van der Waals surface area contributed by atoms with Gasteiger partial charge in [0.25, 0.3) is 0 Å². The van der Waals surface area contributed by atoms with Gasteiger partial charge >= 0.3 is 0 Å². The van der Waals surface area contributed by atoms with Crippen LogP contribution in [0.2, 0.25) is 0 Å². The van der Waals surface area contributed by atoms with Crippen LogP contribution in [0.4, 0.5) is 4.39 Å². The fourth-order valence-electron chi connectivity index (χ4n) is 1.11. The third-order valence-electron chi connectivity index (χ3n) is 1.84. The minimum Gasteiger partial charge on any atom is -0.400 e. The number of nitrogens with two attached hydrogens (primary N) is 1. The molecule has 1 aliphatic rings. The van der Waals surface area contributed by atoms with Gasteiger partial charge in [-0.25, -0.2) is 4.39 Å². The zero-order chi connectivity index (χ0) is 6.85. The molecule has 0 amide bonds. The fraction of sp³-hybridized carbons (Fsp3) is 0.714. The minimum absolute atomic E-state index is 0.473. The van der Waals surface area contributed by atoms with Gasteiger partial charge in [-0.15, -0.1) is 0 Å². The summed E-state index contributed by atoms with van der Waals surface area (Å²) in [6.45, 7) is 1.90. The quantitative estimate of drug-likeness (QED) is 0.529. The monoisotopic (exact) mass is 129 g/mol. The summed E-state index contributed by atoms with van der Waals surface area (Å²) in [5, 5.41) is 0. The van der Waals surface area contributed by atoms with E-state index in [0.717, 1.165) is 18.4 Å². The van der Waals surface area contributed by atoms with Crippen molar-refractivity contribution in [1.82, 2.24) is 0 Å². The van der Waals surface area contributed by atoms with E-state index in [1.807, 2.05) is 6.92 Å². The van der Waals surface area contributed by atoms with Gasteiger partial charge in [-0.05, 0) is 26.2 Å². The Kier molecular flexibility index (Phi) is 1.74. The van der Waals surface area contributed by atoms with Crippen LogP contribution in [-0.4, -0.2) is 6.17 Å². The second-order valence-electron chi connectivity index (χ2n) is 2.60. The molecule has 0 bridgehead atoms. The van der Waals surface area contributed by atoms with Crippen molar-refractivity contribution in [2.24, 2.45) is 5.73 Å². The first-order valence-corrected chi connectivity index (χ1v) is 3.31. The number of alkyl halides is 1. The Morgan fingerprint density at radius 1 is 1.67 bits per heavy atom. The maximum atomic E-state index is 12.6. The Bertz CT molecular complexity index is 140. The van der Waals surface area contributed by atoms with Crippen LogP contribution in [0.15, 0.2) is 11.3 Å². The maximum Gasteiger partial charge on any atom is 0.139 e. The smallest absolute Gasteiger partial charge is 0.139 e. The van der Waals surface area contributed by atoms with Gasteiger partial charge < -0.3 is 5.73 Å². The standard InChI is InChI=1S/C7H12FN/c1-5-3-2-4-6(8)7(5)9/h6H,2-4,9H2,1H3. The van der Waals surface area contributed by atoms with Crippen molar-refractivity contribution in [2.75, 3.05) is 0 Å². The number of rotatable bonds is 0. The molecule has 1 unspecified atom stereocenters. The summed E-state index contributed by atoms with van der Waals surface area (Å²) < 4.78 is 12.6. The summed E-state index contributed by atoms with van der Waals surface area (Å²) in [7, 11) is 0. The summed E-state index contributed by atoms with van der Waals surface area (Å²) in [5.41, 5.74) is 6.94. The fourth-order valence-corrected chi connectivity index (χ4v) is 1.11. The number of halogens is 1. The SMILES string of the molecule is CC1=C(N)C(F)CCC1. The molecule has 0 heterocycles. The van der Waals surface area contributed by atoms with E-state index in [0.29, 0.717) is 12.1 Å². The van der Waals surface area contributed by atoms with Crippen LogP contribution in [0, 0.1) is 0 Å². The Balaban J connectivity index is 2.72. The van der Waals surface area contributed by atoms with Crippen LogP contribution >= 0.6 is 0 Å². The molecule has 0 fully saturated rings. The number of hydrogen-bond donors (Lipinski definition) is 1. The molecule has 0 aromatic heterocycles. The summed E-state index contributed by atoms with van der Waals surface area (Å²) in [6, 6.07) is 0. The first-order chi connectivity index (χ1) is 4.22. The largest absolute Gasteiger partial charge is 0.400 e. The van der Waals surface area contributed by atoms with Gasteiger partial charge in [0.1, 0.15) is 6.17 Å². The molecule has 1 nitrogen and oxygen atoms in total. The van der Waals surface area contributed by atoms with E-state index in [4.69, 9.17) is 5.73 Å². The van der Waals surface area contributed by atoms with Crippen LogP contribution in [-0.2, 0) is 0 Å². The molecule has 1 rings (SSSR count). The maximum absolute atomic E-state index is 12.6. The van der Waals surface area contributed by atoms with Gasteiger partial charge in [0.2, 0.25) is 0 Å². The van der Waals surface area contributed by atoms with Crippen LogP contribution in [0.25, 0.3) is 0 Å². The Morgan fingerprint density at radius 2 is 2.33 bits per heavy atom. The average molecular weight is 129 g/mol. The lowest BCUT2D eigenvalue weighted by Crippen LogP contribution is -2.18. The highest BCUT2D eigenvalue weighted by Gasteiger charge is 2.16. The highest BCUT2D eigenvalue weighted by Crippen LogP contribution is 2.23. The van der Waals surface area contributed by atoms with Gasteiger partial charge in [-0.2, -0.15) is 0 Å². The van der Waals surface area contributed by atoms with Crippen molar-refractivity contribution < 1.29 is 4.39 Å². The molecule has 0 radical (unpaired) electrons. The molecule has 2 N–H and O–H groups in total. The van der Waals surface area contributed by atoms with Gasteiger partial charge in [-0.3, -0.25) is 0 Å². The summed E-state index contributed by atoms with van der Waals surface area (Å²) >= 11 is 0. The lowest BCUT2D eigenvalue weighted by Gasteiger charge is -2.17. The van der Waals surface area contributed by atoms with Gasteiger partial charge in [0, 0.05) is 5.70 Å². The van der Waals surface area contributed by atoms with Crippen molar-refractivity contribution in [2.45, 2.75) is 32.4 Å². The first kappa shape index (κ1) is 6.59. The van der Waals surface area contributed by atoms with Gasteiger partial charge in [-0.1, -0.05) is 5.57 Å². The molecule has 52 valence electrons. The highest BCUT2D eigenvalue weighted by molar-refractivity contribution is 5.15. The van der Waals surface area contributed by atoms with Gasteiger partial charge in [0.05, 0.1) is 0 Å². The zero-order valence-electron chi connectivity index (χ0n) is 5.65. The van der Waals surface area contributed by atoms with Crippen LogP contribution in [0.1, 0.15) is 26.2 Å². The molecule has 0 saturated carbocycles. The molecule has 2 heteroatoms. The first-order valence-electron chi connectivity index (χ1n) is 3.31. The third-order valence-corrected chi connectivity index (χ3v) is 1.84. The van der Waals surface area contributed by atoms with Crippen molar-refractivity contribution in [3.8, 4) is 0 Å². The molecule has 0 aliphatic heterocycles. The lowest BCUT2D eigenvalue weighted by atomic mass is 9.97. The second kappa shape index (κ2) is 2.38. The third kappa shape index (κ3) is 1.23. The van der Waals surface area contributed by atoms with Crippen molar-refractivity contribution in [1.29, 1.82) is 0 Å². The van der Waals surface area contributed by atoms with Crippen molar-refractivity contribution in [3.63, 3.8) is 0 Å². The van der Waals surface area contributed by atoms with E-state index in [-0.39, 0.29) is 0 Å². The average Bonchev–Trinajstić information content (AvgIpc) is 1.83. The number of hydrogen-bond acceptors (Lipinski definition) is 1. The minimum atomic E-state index is -0.862. The van der Waals surface area contributed by atoms with Crippen LogP contribution < -0.4 is 5.73 Å². The van der Waals surface area contributed by atoms with E-state index in [2.05, 4.69) is 0 Å². The predicted molar refractivity (Wildman–Crippen MR) is 35.6 cm³/mol. The van der Waals surface area contributed by atoms with E-state index >= 15 is 0 Å². The number of allylic oxidation sites excluding steroid dienone is 2. The molecular formula is C7H12FN. The second-order valence-corrected chi connectivity index (χ2v) is 2.60. The summed E-state index contributed by atoms with van der Waals surface area (Å²) in [6.07, 6.45) is 1.68. The molecule has 0 aromatic rings. The zero-order valence-corrected chi connectivity index (χ0v) is 5.65. The molecule has 0 saturated heterocycles. The van der Waals surface area contributed by atoms with Crippen LogP contribution in [0.3, 0.4) is 0 Å². The molecule has 0 spiro atoms. The molecule has 1 atom stereocenters. The van der Waals surface area contributed by atoms with Crippen molar-refractivity contribution in [3.05, 3.63) is 11.3 Å². The van der Waals surface area contributed by atoms with Crippen molar-refractivity contribution >= 4 is 0 Å². The van der Waals surface area contributed by atoms with Crippen LogP contribution in [0.5, 0.6) is 0 Å². The Hall–Kier alpha value is -0.530. The lowest BCUT2D eigenvalue weighted by molar-refractivity contribution is 0.334. The summed E-state index contributed by atoms with van der Waals surface area (Å²) in [5.74, 6) is 0. The predicted octanol–water partition coefficient (Wildman–Crippen LogP) is 1.74. The topological polar surface area (TPSA) is 26.0 Å². The molecular weight excluding hydrogens is 117 g/mol. The summed E-state index contributed by atoms with van der Waals surface area (Å²) in [4.78, 5) is 0. The Labute approximate surface area is 54.7 Å². The molecule has 1 aliphatic carbocycles. The van der Waals surface area contributed by atoms with Gasteiger partial charge in [0.15, 0.2) is 0 Å². The highest BCUT2D eigenvalue weighted by atomic mass is 19.1. The van der Waals surface area contributed by atoms with E-state index in [1.54, 1.807) is 0 Å². The molecule has 9 heavy (non-hydrogen) atoms. The normalized spacial score (nSPS) is 28.9. The van der Waals surface area contributed by atoms with E-state index in [1.165, 1.54) is 0 Å². The van der Waals surface area contributed by atoms with E-state index < -0.39 is 6.17 Å². The Morgan fingerprint density at radius 3 is 2.78 bits per heavy atom. The van der Waals surface area contributed by atoms with E-state index in [9.17, 15) is 4.39 Å².